The molecule has 0 aliphatic heterocycles. The van der Waals surface area contributed by atoms with Crippen LogP contribution in [-0.4, -0.2) is 6.26 Å². The van der Waals surface area contributed by atoms with Crippen LogP contribution >= 0.6 is 0 Å². The summed E-state index contributed by atoms with van der Waals surface area (Å²) in [6.07, 6.45) is 2.15. The topological polar surface area (TPSA) is 0 Å². The molecular formula is C8H11S+. The van der Waals surface area contributed by atoms with Gasteiger partial charge in [0, 0.05) is 11.8 Å². The number of hydrogen-bond donors (Lipinski definition) is 0. The molecule has 0 spiro atoms. The SMILES string of the molecule is C[SH+]c1cccc(C)c1. The Balaban J connectivity index is 2.94. The summed E-state index contributed by atoms with van der Waals surface area (Å²) < 4.78 is 0. The van der Waals surface area contributed by atoms with Gasteiger partial charge < -0.3 is 0 Å². The van der Waals surface area contributed by atoms with Gasteiger partial charge in [0.15, 0.2) is 4.90 Å². The molecule has 0 nitrogen and oxygen atoms in total. The van der Waals surface area contributed by atoms with E-state index in [2.05, 4.69) is 37.4 Å². The zero-order chi connectivity index (χ0) is 6.69. The maximum absolute atomic E-state index is 2.21. The maximum Gasteiger partial charge on any atom is 0.152 e. The molecule has 0 aliphatic rings. The molecule has 9 heavy (non-hydrogen) atoms. The average molecular weight is 139 g/mol. The Morgan fingerprint density at radius 2 is 2.11 bits per heavy atom. The van der Waals surface area contributed by atoms with Crippen molar-refractivity contribution >= 4 is 11.8 Å². The molecule has 0 radical (unpaired) electrons. The zero-order valence-corrected chi connectivity index (χ0v) is 6.65. The third-order valence-corrected chi connectivity index (χ3v) is 2.05. The molecule has 1 aromatic rings. The van der Waals surface area contributed by atoms with Crippen molar-refractivity contribution < 1.29 is 0 Å². The van der Waals surface area contributed by atoms with Crippen LogP contribution in [0.5, 0.6) is 0 Å². The molecular weight excluding hydrogens is 128 g/mol. The van der Waals surface area contributed by atoms with E-state index in [9.17, 15) is 0 Å². The number of rotatable bonds is 1. The molecule has 1 heteroatoms. The van der Waals surface area contributed by atoms with Gasteiger partial charge in [-0.25, -0.2) is 0 Å². The van der Waals surface area contributed by atoms with Gasteiger partial charge in [-0.05, 0) is 24.6 Å². The lowest BCUT2D eigenvalue weighted by Crippen LogP contribution is -1.78. The highest BCUT2D eigenvalue weighted by atomic mass is 32.2. The molecule has 1 aromatic carbocycles. The minimum atomic E-state index is 1.35. The Morgan fingerprint density at radius 1 is 1.33 bits per heavy atom. The minimum Gasteiger partial charge on any atom is -0.0590 e. The van der Waals surface area contributed by atoms with E-state index in [-0.39, 0.29) is 0 Å². The maximum atomic E-state index is 2.21. The third-order valence-electron chi connectivity index (χ3n) is 1.26. The molecule has 1 rings (SSSR count). The second kappa shape index (κ2) is 2.92. The van der Waals surface area contributed by atoms with Gasteiger partial charge in [-0.2, -0.15) is 0 Å². The van der Waals surface area contributed by atoms with Crippen molar-refractivity contribution in [1.82, 2.24) is 0 Å². The molecule has 0 N–H and O–H groups in total. The summed E-state index contributed by atoms with van der Waals surface area (Å²) in [4.78, 5) is 1.40. The Bertz CT molecular complexity index is 194. The lowest BCUT2D eigenvalue weighted by atomic mass is 10.2. The highest BCUT2D eigenvalue weighted by Crippen LogP contribution is 2.04. The fourth-order valence-corrected chi connectivity index (χ4v) is 1.33. The standard InChI is InChI=1S/C8H10S/c1-7-4-3-5-8(6-7)9-2/h3-6H,1-2H3/p+1. The van der Waals surface area contributed by atoms with Crippen molar-refractivity contribution in [3.05, 3.63) is 29.8 Å². The van der Waals surface area contributed by atoms with Crippen LogP contribution in [0.4, 0.5) is 0 Å². The first-order valence-corrected chi connectivity index (χ1v) is 4.33. The molecule has 0 aromatic heterocycles. The molecule has 48 valence electrons. The van der Waals surface area contributed by atoms with Crippen molar-refractivity contribution in [3.8, 4) is 0 Å². The highest BCUT2D eigenvalue weighted by molar-refractivity contribution is 7.77. The van der Waals surface area contributed by atoms with Gasteiger partial charge in [0.05, 0.1) is 0 Å². The lowest BCUT2D eigenvalue weighted by molar-refractivity contribution is 1.36. The second-order valence-corrected chi connectivity index (χ2v) is 3.03. The Labute approximate surface area is 60.3 Å². The molecule has 0 bridgehead atoms. The first-order valence-electron chi connectivity index (χ1n) is 2.99. The monoisotopic (exact) mass is 139 g/mol. The predicted molar refractivity (Wildman–Crippen MR) is 44.1 cm³/mol. The average Bonchev–Trinajstić information content (AvgIpc) is 1.88. The van der Waals surface area contributed by atoms with E-state index >= 15 is 0 Å². The molecule has 0 fully saturated rings. The number of thiol groups is 1. The van der Waals surface area contributed by atoms with Gasteiger partial charge >= 0.3 is 0 Å². The van der Waals surface area contributed by atoms with Gasteiger partial charge in [0.25, 0.3) is 0 Å². The van der Waals surface area contributed by atoms with Crippen LogP contribution in [0.1, 0.15) is 5.56 Å². The fourth-order valence-electron chi connectivity index (χ4n) is 0.767. The smallest absolute Gasteiger partial charge is 0.0590 e. The van der Waals surface area contributed by atoms with Crippen molar-refractivity contribution in [3.63, 3.8) is 0 Å². The van der Waals surface area contributed by atoms with E-state index in [0.717, 1.165) is 0 Å². The number of hydrogen-bond acceptors (Lipinski definition) is 0. The highest BCUT2D eigenvalue weighted by Gasteiger charge is 1.93. The Hall–Kier alpha value is -0.430. The molecule has 0 saturated carbocycles. The van der Waals surface area contributed by atoms with Crippen LogP contribution in [0.15, 0.2) is 29.2 Å². The van der Waals surface area contributed by atoms with E-state index in [0.29, 0.717) is 0 Å². The van der Waals surface area contributed by atoms with Crippen LogP contribution in [0.2, 0.25) is 0 Å². The summed E-state index contributed by atoms with van der Waals surface area (Å²) in [5.74, 6) is 0. The molecule has 0 amide bonds. The quantitative estimate of drug-likeness (QED) is 0.411. The van der Waals surface area contributed by atoms with Crippen LogP contribution < -0.4 is 0 Å². The summed E-state index contributed by atoms with van der Waals surface area (Å²) in [5, 5.41) is 0. The van der Waals surface area contributed by atoms with Gasteiger partial charge in [-0.1, -0.05) is 12.1 Å². The van der Waals surface area contributed by atoms with Crippen LogP contribution in [0.25, 0.3) is 0 Å². The van der Waals surface area contributed by atoms with Gasteiger partial charge in [0.1, 0.15) is 6.26 Å². The Morgan fingerprint density at radius 3 is 2.56 bits per heavy atom. The number of benzene rings is 1. The number of aryl methyl sites for hydroxylation is 1. The normalized spacial score (nSPS) is 9.56. The third kappa shape index (κ3) is 1.75. The van der Waals surface area contributed by atoms with E-state index < -0.39 is 0 Å². The lowest BCUT2D eigenvalue weighted by Gasteiger charge is -1.88. The molecule has 0 heterocycles. The first kappa shape index (κ1) is 6.69. The van der Waals surface area contributed by atoms with Crippen LogP contribution in [0.3, 0.4) is 0 Å². The largest absolute Gasteiger partial charge is 0.152 e. The van der Waals surface area contributed by atoms with E-state index in [1.807, 2.05) is 0 Å². The first-order chi connectivity index (χ1) is 4.33. The van der Waals surface area contributed by atoms with Gasteiger partial charge in [0.2, 0.25) is 0 Å². The molecule has 0 aliphatic carbocycles. The summed E-state index contributed by atoms with van der Waals surface area (Å²) >= 11 is 1.35. The van der Waals surface area contributed by atoms with Gasteiger partial charge in [-0.3, -0.25) is 0 Å². The minimum absolute atomic E-state index is 1.35. The Kier molecular flexibility index (Phi) is 2.17. The van der Waals surface area contributed by atoms with Crippen molar-refractivity contribution in [2.24, 2.45) is 0 Å². The van der Waals surface area contributed by atoms with E-state index in [1.54, 1.807) is 0 Å². The predicted octanol–water partition coefficient (Wildman–Crippen LogP) is 1.80. The summed E-state index contributed by atoms with van der Waals surface area (Å²) in [6, 6.07) is 8.58. The molecule has 0 saturated heterocycles. The second-order valence-electron chi connectivity index (χ2n) is 2.06. The summed E-state index contributed by atoms with van der Waals surface area (Å²) in [6.45, 7) is 2.12. The van der Waals surface area contributed by atoms with Crippen molar-refractivity contribution in [2.75, 3.05) is 6.26 Å². The van der Waals surface area contributed by atoms with Crippen molar-refractivity contribution in [2.45, 2.75) is 11.8 Å². The van der Waals surface area contributed by atoms with E-state index in [4.69, 9.17) is 0 Å². The summed E-state index contributed by atoms with van der Waals surface area (Å²) in [5.41, 5.74) is 1.35. The van der Waals surface area contributed by atoms with Crippen LogP contribution in [0, 0.1) is 6.92 Å². The molecule has 0 unspecified atom stereocenters. The zero-order valence-electron chi connectivity index (χ0n) is 5.76. The van der Waals surface area contributed by atoms with Gasteiger partial charge in [-0.15, -0.1) is 0 Å². The molecule has 0 atom stereocenters. The van der Waals surface area contributed by atoms with Crippen molar-refractivity contribution in [1.29, 1.82) is 0 Å². The fraction of sp³-hybridized carbons (Fsp3) is 0.250. The summed E-state index contributed by atoms with van der Waals surface area (Å²) in [7, 11) is 0. The van der Waals surface area contributed by atoms with E-state index in [1.165, 1.54) is 22.2 Å². The van der Waals surface area contributed by atoms with Crippen LogP contribution in [-0.2, 0) is 11.8 Å².